The van der Waals surface area contributed by atoms with E-state index in [-0.39, 0.29) is 0 Å². The predicted molar refractivity (Wildman–Crippen MR) is 112 cm³/mol. The molecule has 2 heterocycles. The summed E-state index contributed by atoms with van der Waals surface area (Å²) >= 11 is 19.4. The zero-order valence-corrected chi connectivity index (χ0v) is 17.2. The van der Waals surface area contributed by atoms with Crippen LogP contribution < -0.4 is 5.84 Å². The van der Waals surface area contributed by atoms with Crippen LogP contribution in [0.25, 0.3) is 22.7 Å². The Morgan fingerprint density at radius 2 is 1.75 bits per heavy atom. The van der Waals surface area contributed by atoms with Crippen LogP contribution in [0.3, 0.4) is 0 Å². The fourth-order valence-electron chi connectivity index (χ4n) is 2.48. The molecule has 0 bridgehead atoms. The van der Waals surface area contributed by atoms with Gasteiger partial charge >= 0.3 is 0 Å². The number of nitrogens with two attached hydrogens (primary N) is 1. The fourth-order valence-corrected chi connectivity index (χ4v) is 3.81. The molecule has 142 valence electrons. The molecule has 2 aromatic heterocycles. The second kappa shape index (κ2) is 8.05. The lowest BCUT2D eigenvalue weighted by Gasteiger charge is -2.05. The minimum Gasteiger partial charge on any atom is -0.440 e. The molecule has 2 N–H and O–H groups in total. The lowest BCUT2D eigenvalue weighted by molar-refractivity contribution is 0.529. The molecule has 6 nitrogen and oxygen atoms in total. The van der Waals surface area contributed by atoms with E-state index < -0.39 is 0 Å². The van der Waals surface area contributed by atoms with E-state index in [0.29, 0.717) is 49.0 Å². The van der Waals surface area contributed by atoms with Gasteiger partial charge in [-0.25, -0.2) is 9.66 Å². The summed E-state index contributed by atoms with van der Waals surface area (Å²) in [5.74, 6) is 8.22. The summed E-state index contributed by atoms with van der Waals surface area (Å²) in [6, 6.07) is 12.4. The monoisotopic (exact) mass is 451 g/mol. The third kappa shape index (κ3) is 3.98. The van der Waals surface area contributed by atoms with Gasteiger partial charge in [0.2, 0.25) is 11.0 Å². The van der Waals surface area contributed by atoms with Crippen LogP contribution in [0.1, 0.15) is 5.89 Å². The second-order valence-electron chi connectivity index (χ2n) is 5.71. The molecular weight excluding hydrogens is 441 g/mol. The number of aromatic nitrogens is 4. The molecule has 28 heavy (non-hydrogen) atoms. The standard InChI is InChI=1S/C18H12Cl3N5OS/c19-11-3-1-10(2-4-11)15-8-23-16(27-15)9-28-18-25-24-17(26(18)22)13-6-5-12(20)7-14(13)21/h1-8H,9,22H2. The summed E-state index contributed by atoms with van der Waals surface area (Å²) in [6.07, 6.45) is 1.67. The summed E-state index contributed by atoms with van der Waals surface area (Å²) in [5, 5.41) is 10.4. The molecule has 0 aliphatic rings. The van der Waals surface area contributed by atoms with Crippen LogP contribution in [0.5, 0.6) is 0 Å². The Kier molecular flexibility index (Phi) is 5.50. The van der Waals surface area contributed by atoms with E-state index in [0.717, 1.165) is 5.56 Å². The van der Waals surface area contributed by atoms with E-state index in [4.69, 9.17) is 45.1 Å². The molecule has 0 saturated heterocycles. The number of hydrogen-bond acceptors (Lipinski definition) is 6. The Morgan fingerprint density at radius 1 is 1.00 bits per heavy atom. The average molecular weight is 453 g/mol. The summed E-state index contributed by atoms with van der Waals surface area (Å²) in [4.78, 5) is 4.29. The molecule has 10 heteroatoms. The van der Waals surface area contributed by atoms with Crippen molar-refractivity contribution in [2.75, 3.05) is 5.84 Å². The largest absolute Gasteiger partial charge is 0.440 e. The number of halogens is 3. The van der Waals surface area contributed by atoms with Gasteiger partial charge in [-0.05, 0) is 42.5 Å². The van der Waals surface area contributed by atoms with Crippen LogP contribution in [-0.4, -0.2) is 19.9 Å². The van der Waals surface area contributed by atoms with Gasteiger partial charge in [0.1, 0.15) is 0 Å². The number of nitrogen functional groups attached to an aromatic ring is 1. The van der Waals surface area contributed by atoms with Crippen LogP contribution in [-0.2, 0) is 5.75 Å². The number of hydrogen-bond donors (Lipinski definition) is 1. The first-order valence-electron chi connectivity index (χ1n) is 8.00. The molecule has 4 rings (SSSR count). The van der Waals surface area contributed by atoms with E-state index >= 15 is 0 Å². The minimum atomic E-state index is 0.442. The molecule has 0 saturated carbocycles. The Hall–Kier alpha value is -2.19. The number of rotatable bonds is 5. The molecule has 0 aliphatic heterocycles. The number of oxazole rings is 1. The van der Waals surface area contributed by atoms with E-state index in [1.165, 1.54) is 16.4 Å². The Labute approximate surface area is 179 Å². The number of thioether (sulfide) groups is 1. The van der Waals surface area contributed by atoms with Gasteiger partial charge in [-0.1, -0.05) is 46.6 Å². The van der Waals surface area contributed by atoms with E-state index in [2.05, 4.69) is 15.2 Å². The predicted octanol–water partition coefficient (Wildman–Crippen LogP) is 5.57. The third-order valence-electron chi connectivity index (χ3n) is 3.84. The van der Waals surface area contributed by atoms with E-state index in [1.807, 2.05) is 12.1 Å². The second-order valence-corrected chi connectivity index (χ2v) is 7.94. The SMILES string of the molecule is Nn1c(SCc2ncc(-c3ccc(Cl)cc3)o2)nnc1-c1ccc(Cl)cc1Cl. The highest BCUT2D eigenvalue weighted by atomic mass is 35.5. The highest BCUT2D eigenvalue weighted by Gasteiger charge is 2.16. The van der Waals surface area contributed by atoms with Crippen LogP contribution in [0.4, 0.5) is 0 Å². The lowest BCUT2D eigenvalue weighted by Crippen LogP contribution is -2.11. The summed E-state index contributed by atoms with van der Waals surface area (Å²) in [7, 11) is 0. The van der Waals surface area contributed by atoms with Crippen molar-refractivity contribution in [3.8, 4) is 22.7 Å². The molecule has 0 spiro atoms. The van der Waals surface area contributed by atoms with Crippen molar-refractivity contribution in [2.24, 2.45) is 0 Å². The zero-order chi connectivity index (χ0) is 19.7. The van der Waals surface area contributed by atoms with Crippen LogP contribution in [0, 0.1) is 0 Å². The smallest absolute Gasteiger partial charge is 0.210 e. The van der Waals surface area contributed by atoms with Gasteiger partial charge in [-0.2, -0.15) is 0 Å². The molecule has 0 aliphatic carbocycles. The highest BCUT2D eigenvalue weighted by molar-refractivity contribution is 7.98. The summed E-state index contributed by atoms with van der Waals surface area (Å²) in [6.45, 7) is 0. The van der Waals surface area contributed by atoms with Crippen molar-refractivity contribution in [1.82, 2.24) is 19.9 Å². The molecule has 0 radical (unpaired) electrons. The zero-order valence-electron chi connectivity index (χ0n) is 14.1. The average Bonchev–Trinajstić information content (AvgIpc) is 3.28. The van der Waals surface area contributed by atoms with Gasteiger partial charge in [-0.3, -0.25) is 0 Å². The van der Waals surface area contributed by atoms with Gasteiger partial charge in [0.15, 0.2) is 11.6 Å². The Balaban J connectivity index is 1.49. The van der Waals surface area contributed by atoms with Gasteiger partial charge in [0, 0.05) is 21.2 Å². The van der Waals surface area contributed by atoms with Crippen molar-refractivity contribution in [3.05, 3.63) is 69.6 Å². The Bertz CT molecular complexity index is 1130. The quantitative estimate of drug-likeness (QED) is 0.315. The molecule has 0 atom stereocenters. The first kappa shape index (κ1) is 19.1. The van der Waals surface area contributed by atoms with Crippen LogP contribution in [0.15, 0.2) is 58.2 Å². The first-order chi connectivity index (χ1) is 13.5. The van der Waals surface area contributed by atoms with Crippen LogP contribution in [0.2, 0.25) is 15.1 Å². The van der Waals surface area contributed by atoms with Gasteiger partial charge < -0.3 is 10.3 Å². The summed E-state index contributed by atoms with van der Waals surface area (Å²) in [5.41, 5.74) is 1.55. The number of nitrogens with zero attached hydrogens (tertiary/aromatic N) is 4. The van der Waals surface area contributed by atoms with Crippen molar-refractivity contribution >= 4 is 46.6 Å². The normalized spacial score (nSPS) is 11.1. The van der Waals surface area contributed by atoms with E-state index in [1.54, 1.807) is 36.5 Å². The lowest BCUT2D eigenvalue weighted by atomic mass is 10.2. The van der Waals surface area contributed by atoms with Crippen molar-refractivity contribution < 1.29 is 4.42 Å². The Morgan fingerprint density at radius 3 is 2.50 bits per heavy atom. The van der Waals surface area contributed by atoms with Gasteiger partial charge in [0.25, 0.3) is 0 Å². The van der Waals surface area contributed by atoms with Gasteiger partial charge in [0.05, 0.1) is 17.0 Å². The molecule has 0 unspecified atom stereocenters. The fraction of sp³-hybridized carbons (Fsp3) is 0.0556. The molecule has 0 fully saturated rings. The topological polar surface area (TPSA) is 82.8 Å². The first-order valence-corrected chi connectivity index (χ1v) is 10.1. The third-order valence-corrected chi connectivity index (χ3v) is 5.57. The molecule has 2 aromatic carbocycles. The number of benzene rings is 2. The summed E-state index contributed by atoms with van der Waals surface area (Å²) < 4.78 is 7.16. The molecule has 0 amide bonds. The maximum Gasteiger partial charge on any atom is 0.210 e. The maximum absolute atomic E-state index is 6.23. The van der Waals surface area contributed by atoms with Gasteiger partial charge in [-0.15, -0.1) is 10.2 Å². The van der Waals surface area contributed by atoms with Crippen molar-refractivity contribution in [3.63, 3.8) is 0 Å². The van der Waals surface area contributed by atoms with E-state index in [9.17, 15) is 0 Å². The highest BCUT2D eigenvalue weighted by Crippen LogP contribution is 2.31. The van der Waals surface area contributed by atoms with Crippen LogP contribution >= 0.6 is 46.6 Å². The minimum absolute atomic E-state index is 0.442. The molecule has 4 aromatic rings. The maximum atomic E-state index is 6.23. The molecular formula is C18H12Cl3N5OS. The van der Waals surface area contributed by atoms with Crippen molar-refractivity contribution in [1.29, 1.82) is 0 Å². The van der Waals surface area contributed by atoms with Crippen molar-refractivity contribution in [2.45, 2.75) is 10.9 Å².